The summed E-state index contributed by atoms with van der Waals surface area (Å²) in [6, 6.07) is 6.90. The van der Waals surface area contributed by atoms with E-state index < -0.39 is 11.5 Å². The average Bonchev–Trinajstić information content (AvgIpc) is 3.63. The van der Waals surface area contributed by atoms with Crippen molar-refractivity contribution < 1.29 is 19.5 Å². The van der Waals surface area contributed by atoms with E-state index in [2.05, 4.69) is 32.6 Å². The molecular weight excluding hydrogens is 576 g/mol. The van der Waals surface area contributed by atoms with Gasteiger partial charge in [-0.3, -0.25) is 19.3 Å². The Balaban J connectivity index is 1.71. The molecule has 3 fully saturated rings. The summed E-state index contributed by atoms with van der Waals surface area (Å²) in [4.78, 5) is 50.6. The average molecular weight is 631 g/mol. The highest BCUT2D eigenvalue weighted by Gasteiger charge is 2.51. The van der Waals surface area contributed by atoms with Gasteiger partial charge in [0.05, 0.1) is 24.0 Å². The number of benzene rings is 1. The van der Waals surface area contributed by atoms with Crippen LogP contribution in [0.1, 0.15) is 92.1 Å². The van der Waals surface area contributed by atoms with Crippen molar-refractivity contribution in [3.63, 3.8) is 0 Å². The highest BCUT2D eigenvalue weighted by atomic mass is 35.5. The van der Waals surface area contributed by atoms with E-state index >= 15 is 0 Å². The van der Waals surface area contributed by atoms with Crippen molar-refractivity contribution >= 4 is 29.3 Å². The van der Waals surface area contributed by atoms with Gasteiger partial charge in [0, 0.05) is 55.7 Å². The largest absolute Gasteiger partial charge is 0.395 e. The van der Waals surface area contributed by atoms with Crippen LogP contribution in [0.3, 0.4) is 0 Å². The number of carbonyl (C=O) groups excluding carboxylic acids is 3. The molecule has 0 unspecified atom stereocenters. The third-order valence-electron chi connectivity index (χ3n) is 10.6. The van der Waals surface area contributed by atoms with Gasteiger partial charge in [0.25, 0.3) is 0 Å². The molecule has 0 radical (unpaired) electrons. The summed E-state index contributed by atoms with van der Waals surface area (Å²) in [5.74, 6) is 0.0544. The number of likely N-dealkylation sites (N-methyl/N-ethyl adjacent to an activating group) is 1. The summed E-state index contributed by atoms with van der Waals surface area (Å²) >= 11 is 6.23. The van der Waals surface area contributed by atoms with Crippen LogP contribution in [0.2, 0.25) is 5.02 Å². The fourth-order valence-electron chi connectivity index (χ4n) is 7.33. The van der Waals surface area contributed by atoms with Gasteiger partial charge in [-0.2, -0.15) is 0 Å². The molecule has 2 saturated heterocycles. The number of hydrogen-bond acceptors (Lipinski definition) is 5. The molecule has 0 aromatic heterocycles. The Morgan fingerprint density at radius 2 is 1.57 bits per heavy atom. The summed E-state index contributed by atoms with van der Waals surface area (Å²) in [6.07, 6.45) is 4.29. The third kappa shape index (κ3) is 7.28. The molecule has 9 heteroatoms. The van der Waals surface area contributed by atoms with Crippen LogP contribution in [0.5, 0.6) is 0 Å². The number of nitrogens with zero attached hydrogens (tertiary/aromatic N) is 4. The van der Waals surface area contributed by atoms with E-state index in [1.54, 1.807) is 30.7 Å². The molecule has 2 aliphatic heterocycles. The fraction of sp³-hybridized carbons (Fsp3) is 0.743. The molecule has 4 atom stereocenters. The second-order valence-electron chi connectivity index (χ2n) is 15.3. The number of hydrogen-bond donors (Lipinski definition) is 1. The Morgan fingerprint density at radius 1 is 0.955 bits per heavy atom. The van der Waals surface area contributed by atoms with Gasteiger partial charge in [0.1, 0.15) is 6.04 Å². The predicted octanol–water partition coefficient (Wildman–Crippen LogP) is 5.03. The minimum Gasteiger partial charge on any atom is -0.395 e. The number of halogens is 1. The van der Waals surface area contributed by atoms with Gasteiger partial charge < -0.3 is 19.8 Å². The van der Waals surface area contributed by atoms with Crippen molar-refractivity contribution in [1.82, 2.24) is 19.6 Å². The van der Waals surface area contributed by atoms with Crippen LogP contribution in [0.15, 0.2) is 24.3 Å². The molecule has 1 aromatic rings. The molecular formula is C35H55ClN4O4. The van der Waals surface area contributed by atoms with Gasteiger partial charge in [-0.05, 0) is 97.3 Å². The fourth-order valence-corrected chi connectivity index (χ4v) is 7.46. The lowest BCUT2D eigenvalue weighted by molar-refractivity contribution is -0.149. The van der Waals surface area contributed by atoms with E-state index in [1.807, 2.05) is 36.1 Å². The standard InChI is InChI=1S/C35H55ClN4O4/c1-9-37(8)32(43)30-18-27(40(33(44)35(6,7)22-41)26-16-10-23(2)11-17-26)19-39(30)31(42)29-21-38(34(3,4)5)20-28(29)24-12-14-25(36)15-13-24/h12-15,23,26-30,41H,9-11,16-22H2,1-8H3/t23?,26?,27-,28-,29+,30-/m0/s1. The summed E-state index contributed by atoms with van der Waals surface area (Å²) < 4.78 is 0. The van der Waals surface area contributed by atoms with Crippen molar-refractivity contribution in [1.29, 1.82) is 0 Å². The van der Waals surface area contributed by atoms with Crippen molar-refractivity contribution in [3.05, 3.63) is 34.9 Å². The maximum Gasteiger partial charge on any atom is 0.245 e. The molecule has 1 saturated carbocycles. The Hall–Kier alpha value is -2.16. The normalized spacial score (nSPS) is 28.3. The highest BCUT2D eigenvalue weighted by Crippen LogP contribution is 2.41. The molecule has 44 heavy (non-hydrogen) atoms. The molecule has 4 rings (SSSR count). The number of likely N-dealkylation sites (tertiary alicyclic amines) is 2. The smallest absolute Gasteiger partial charge is 0.245 e. The minimum atomic E-state index is -0.946. The first-order chi connectivity index (χ1) is 20.6. The van der Waals surface area contributed by atoms with Crippen LogP contribution >= 0.6 is 11.6 Å². The first-order valence-corrected chi connectivity index (χ1v) is 17.0. The Kier molecular flexibility index (Phi) is 10.8. The molecule has 8 nitrogen and oxygen atoms in total. The lowest BCUT2D eigenvalue weighted by Gasteiger charge is -2.43. The third-order valence-corrected chi connectivity index (χ3v) is 10.8. The van der Waals surface area contributed by atoms with Crippen LogP contribution in [0, 0.1) is 17.3 Å². The lowest BCUT2D eigenvalue weighted by atomic mass is 9.83. The molecule has 3 aliphatic rings. The minimum absolute atomic E-state index is 0.0202. The van der Waals surface area contributed by atoms with Crippen LogP contribution in [-0.4, -0.2) is 106 Å². The Bertz CT molecular complexity index is 1170. The number of rotatable bonds is 8. The molecule has 246 valence electrons. The van der Waals surface area contributed by atoms with E-state index in [4.69, 9.17) is 11.6 Å². The zero-order valence-electron chi connectivity index (χ0n) is 28.2. The quantitative estimate of drug-likeness (QED) is 0.436. The van der Waals surface area contributed by atoms with Gasteiger partial charge in [-0.1, -0.05) is 30.7 Å². The van der Waals surface area contributed by atoms with Crippen molar-refractivity contribution in [2.45, 2.75) is 110 Å². The van der Waals surface area contributed by atoms with Crippen molar-refractivity contribution in [2.75, 3.05) is 39.8 Å². The Labute approximate surface area is 270 Å². The molecule has 3 amide bonds. The first kappa shape index (κ1) is 34.7. The summed E-state index contributed by atoms with van der Waals surface area (Å²) in [5, 5.41) is 10.8. The van der Waals surface area contributed by atoms with Crippen LogP contribution in [0.4, 0.5) is 0 Å². The van der Waals surface area contributed by atoms with E-state index in [-0.39, 0.29) is 53.8 Å². The van der Waals surface area contributed by atoms with Crippen molar-refractivity contribution in [3.8, 4) is 0 Å². The maximum atomic E-state index is 14.8. The van der Waals surface area contributed by atoms with Crippen LogP contribution in [0.25, 0.3) is 0 Å². The SMILES string of the molecule is CCN(C)C(=O)[C@@H]1C[C@H](N(C(=O)C(C)(C)CO)C2CCC(C)CC2)CN1C(=O)[C@@H]1CN(C(C)(C)C)C[C@H]1c1ccc(Cl)cc1. The highest BCUT2D eigenvalue weighted by molar-refractivity contribution is 6.30. The Morgan fingerprint density at radius 3 is 2.11 bits per heavy atom. The summed E-state index contributed by atoms with van der Waals surface area (Å²) in [7, 11) is 1.78. The van der Waals surface area contributed by atoms with E-state index in [9.17, 15) is 19.5 Å². The maximum absolute atomic E-state index is 14.8. The molecule has 1 aromatic carbocycles. The van der Waals surface area contributed by atoms with Gasteiger partial charge >= 0.3 is 0 Å². The summed E-state index contributed by atoms with van der Waals surface area (Å²) in [5.41, 5.74) is 0.00216. The zero-order chi connectivity index (χ0) is 32.6. The predicted molar refractivity (Wildman–Crippen MR) is 175 cm³/mol. The zero-order valence-corrected chi connectivity index (χ0v) is 28.9. The molecule has 0 spiro atoms. The van der Waals surface area contributed by atoms with Gasteiger partial charge in [-0.15, -0.1) is 0 Å². The molecule has 1 aliphatic carbocycles. The van der Waals surface area contributed by atoms with Crippen LogP contribution in [-0.2, 0) is 14.4 Å². The second kappa shape index (κ2) is 13.7. The van der Waals surface area contributed by atoms with E-state index in [1.165, 1.54) is 0 Å². The van der Waals surface area contributed by atoms with Gasteiger partial charge in [0.15, 0.2) is 0 Å². The number of carbonyl (C=O) groups is 3. The van der Waals surface area contributed by atoms with Crippen LogP contribution < -0.4 is 0 Å². The number of aliphatic hydroxyl groups is 1. The van der Waals surface area contributed by atoms with E-state index in [0.29, 0.717) is 37.0 Å². The molecule has 1 N–H and O–H groups in total. The first-order valence-electron chi connectivity index (χ1n) is 16.6. The van der Waals surface area contributed by atoms with Gasteiger partial charge in [0.2, 0.25) is 17.7 Å². The van der Waals surface area contributed by atoms with E-state index in [0.717, 1.165) is 37.8 Å². The monoisotopic (exact) mass is 630 g/mol. The number of aliphatic hydroxyl groups excluding tert-OH is 1. The molecule has 2 heterocycles. The van der Waals surface area contributed by atoms with Gasteiger partial charge in [-0.25, -0.2) is 0 Å². The second-order valence-corrected chi connectivity index (χ2v) is 15.7. The summed E-state index contributed by atoms with van der Waals surface area (Å²) in [6.45, 7) is 16.2. The number of amides is 3. The molecule has 0 bridgehead atoms. The topological polar surface area (TPSA) is 84.4 Å². The lowest BCUT2D eigenvalue weighted by Crippen LogP contribution is -2.54. The van der Waals surface area contributed by atoms with Crippen molar-refractivity contribution in [2.24, 2.45) is 17.3 Å².